The number of carbonyl (C=O) groups excluding carboxylic acids is 2. The van der Waals surface area contributed by atoms with Crippen molar-refractivity contribution in [1.82, 2.24) is 15.1 Å². The molecular weight excluding hydrogens is 348 g/mol. The second kappa shape index (κ2) is 8.84. The lowest BCUT2D eigenvalue weighted by Crippen LogP contribution is -2.54. The average Bonchev–Trinajstić information content (AvgIpc) is 3.50. The van der Waals surface area contributed by atoms with Gasteiger partial charge >= 0.3 is 11.8 Å². The molecule has 1 aliphatic carbocycles. The minimum absolute atomic E-state index is 0.148. The van der Waals surface area contributed by atoms with Crippen LogP contribution in [0.5, 0.6) is 5.75 Å². The molecule has 1 aromatic carbocycles. The number of aliphatic hydroxyl groups excluding tert-OH is 1. The summed E-state index contributed by atoms with van der Waals surface area (Å²) in [5.41, 5.74) is 0.557. The first-order chi connectivity index (χ1) is 13.0. The van der Waals surface area contributed by atoms with E-state index < -0.39 is 17.9 Å². The van der Waals surface area contributed by atoms with Crippen LogP contribution in [-0.2, 0) is 9.59 Å². The van der Waals surface area contributed by atoms with Gasteiger partial charge in [-0.25, -0.2) is 0 Å². The molecule has 2 N–H and O–H groups in total. The number of ether oxygens (including phenoxy) is 1. The Balaban J connectivity index is 1.36. The summed E-state index contributed by atoms with van der Waals surface area (Å²) in [7, 11) is 0. The van der Waals surface area contributed by atoms with E-state index in [0.29, 0.717) is 44.0 Å². The van der Waals surface area contributed by atoms with Crippen LogP contribution in [0.2, 0.25) is 0 Å². The third kappa shape index (κ3) is 5.67. The maximum Gasteiger partial charge on any atom is 0.311 e. The summed E-state index contributed by atoms with van der Waals surface area (Å²) in [5.74, 6) is -0.377. The zero-order valence-corrected chi connectivity index (χ0v) is 15.1. The molecule has 8 nitrogen and oxygen atoms in total. The summed E-state index contributed by atoms with van der Waals surface area (Å²) in [6, 6.07) is 8.94. The van der Waals surface area contributed by atoms with E-state index in [2.05, 4.69) is 10.2 Å². The van der Waals surface area contributed by atoms with Crippen LogP contribution in [0.25, 0.3) is 0 Å². The van der Waals surface area contributed by atoms with Crippen molar-refractivity contribution in [2.24, 2.45) is 0 Å². The molecule has 0 spiro atoms. The molecule has 1 atom stereocenters. The van der Waals surface area contributed by atoms with Gasteiger partial charge in [0.25, 0.3) is 0 Å². The van der Waals surface area contributed by atoms with E-state index in [1.54, 1.807) is 29.2 Å². The molecule has 0 radical (unpaired) electrons. The Bertz CT molecular complexity index is 703. The fourth-order valence-corrected chi connectivity index (χ4v) is 2.92. The van der Waals surface area contributed by atoms with E-state index in [0.717, 1.165) is 12.8 Å². The van der Waals surface area contributed by atoms with Crippen molar-refractivity contribution in [3.05, 3.63) is 29.8 Å². The van der Waals surface area contributed by atoms with Crippen LogP contribution in [0.1, 0.15) is 18.4 Å². The van der Waals surface area contributed by atoms with Crippen molar-refractivity contribution < 1.29 is 19.4 Å². The van der Waals surface area contributed by atoms with Gasteiger partial charge in [0.1, 0.15) is 18.5 Å². The van der Waals surface area contributed by atoms with E-state index in [9.17, 15) is 14.7 Å². The Kier molecular flexibility index (Phi) is 6.27. The average molecular weight is 372 g/mol. The molecule has 1 unspecified atom stereocenters. The highest BCUT2D eigenvalue weighted by Crippen LogP contribution is 2.18. The number of hydrogen-bond acceptors (Lipinski definition) is 6. The Morgan fingerprint density at radius 1 is 1.22 bits per heavy atom. The molecule has 1 aromatic rings. The minimum atomic E-state index is -0.666. The van der Waals surface area contributed by atoms with E-state index in [1.165, 1.54) is 0 Å². The van der Waals surface area contributed by atoms with Gasteiger partial charge in [0.15, 0.2) is 0 Å². The number of piperazine rings is 1. The van der Waals surface area contributed by atoms with Crippen LogP contribution in [0.3, 0.4) is 0 Å². The van der Waals surface area contributed by atoms with Gasteiger partial charge in [-0.1, -0.05) is 0 Å². The topological polar surface area (TPSA) is 106 Å². The number of nitriles is 1. The molecule has 1 aliphatic heterocycles. The van der Waals surface area contributed by atoms with Crippen LogP contribution in [0.4, 0.5) is 0 Å². The standard InChI is InChI=1S/C19H24N4O4/c20-11-14-1-5-17(6-2-14)27-13-16(24)12-22-7-9-23(10-8-22)19(26)18(25)21-15-3-4-15/h1-2,5-6,15-16,24H,3-4,7-10,12-13H2,(H,21,25). The first-order valence-corrected chi connectivity index (χ1v) is 9.18. The fraction of sp³-hybridized carbons (Fsp3) is 0.526. The lowest BCUT2D eigenvalue weighted by Gasteiger charge is -2.35. The highest BCUT2D eigenvalue weighted by molar-refractivity contribution is 6.35. The Hall–Kier alpha value is -2.63. The zero-order valence-electron chi connectivity index (χ0n) is 15.1. The maximum absolute atomic E-state index is 12.1. The number of amides is 2. The van der Waals surface area contributed by atoms with Gasteiger partial charge < -0.3 is 20.1 Å². The highest BCUT2D eigenvalue weighted by atomic mass is 16.5. The van der Waals surface area contributed by atoms with Gasteiger partial charge in [0, 0.05) is 38.8 Å². The van der Waals surface area contributed by atoms with E-state index in [4.69, 9.17) is 10.00 Å². The van der Waals surface area contributed by atoms with Crippen molar-refractivity contribution >= 4 is 11.8 Å². The lowest BCUT2D eigenvalue weighted by molar-refractivity contribution is -0.147. The van der Waals surface area contributed by atoms with Crippen LogP contribution in [0.15, 0.2) is 24.3 Å². The van der Waals surface area contributed by atoms with Crippen LogP contribution in [0, 0.1) is 11.3 Å². The van der Waals surface area contributed by atoms with Gasteiger partial charge in [-0.15, -0.1) is 0 Å². The maximum atomic E-state index is 12.1. The number of nitrogens with zero attached hydrogens (tertiary/aromatic N) is 3. The molecule has 1 heterocycles. The summed E-state index contributed by atoms with van der Waals surface area (Å²) in [6.07, 6.45) is 1.24. The lowest BCUT2D eigenvalue weighted by atomic mass is 10.2. The number of benzene rings is 1. The molecular formula is C19H24N4O4. The molecule has 3 rings (SSSR count). The normalized spacial score (nSPS) is 18.4. The number of β-amino-alcohol motifs (C(OH)–C–C–N with tert-alkyl or cyclic N) is 1. The van der Waals surface area contributed by atoms with Gasteiger partial charge in [-0.2, -0.15) is 5.26 Å². The number of rotatable bonds is 6. The summed E-state index contributed by atoms with van der Waals surface area (Å²) < 4.78 is 5.54. The Morgan fingerprint density at radius 3 is 2.48 bits per heavy atom. The SMILES string of the molecule is N#Cc1ccc(OCC(O)CN2CCN(C(=O)C(=O)NC3CC3)CC2)cc1. The minimum Gasteiger partial charge on any atom is -0.491 e. The van der Waals surface area contributed by atoms with E-state index in [-0.39, 0.29) is 12.6 Å². The van der Waals surface area contributed by atoms with Crippen molar-refractivity contribution in [3.8, 4) is 11.8 Å². The van der Waals surface area contributed by atoms with Crippen molar-refractivity contribution in [1.29, 1.82) is 5.26 Å². The molecule has 8 heteroatoms. The van der Waals surface area contributed by atoms with E-state index >= 15 is 0 Å². The van der Waals surface area contributed by atoms with Gasteiger partial charge in [-0.3, -0.25) is 14.5 Å². The summed E-state index contributed by atoms with van der Waals surface area (Å²) >= 11 is 0. The molecule has 2 aliphatic rings. The highest BCUT2D eigenvalue weighted by Gasteiger charge is 2.30. The third-order valence-corrected chi connectivity index (χ3v) is 4.66. The number of hydrogen-bond donors (Lipinski definition) is 2. The quantitative estimate of drug-likeness (QED) is 0.666. The second-order valence-electron chi connectivity index (χ2n) is 6.94. The van der Waals surface area contributed by atoms with Gasteiger partial charge in [0.2, 0.25) is 0 Å². The molecule has 1 saturated carbocycles. The predicted octanol–water partition coefficient (Wildman–Crippen LogP) is -0.279. The van der Waals surface area contributed by atoms with Crippen LogP contribution >= 0.6 is 0 Å². The van der Waals surface area contributed by atoms with Crippen molar-refractivity contribution in [2.45, 2.75) is 25.0 Å². The molecule has 2 amide bonds. The van der Waals surface area contributed by atoms with Crippen LogP contribution in [-0.4, -0.2) is 78.2 Å². The van der Waals surface area contributed by atoms with Crippen molar-refractivity contribution in [3.63, 3.8) is 0 Å². The largest absolute Gasteiger partial charge is 0.491 e. The molecule has 1 saturated heterocycles. The number of nitrogens with one attached hydrogen (secondary N) is 1. The summed E-state index contributed by atoms with van der Waals surface area (Å²) in [5, 5.41) is 21.7. The van der Waals surface area contributed by atoms with E-state index in [1.807, 2.05) is 6.07 Å². The van der Waals surface area contributed by atoms with Gasteiger partial charge in [-0.05, 0) is 37.1 Å². The number of carbonyl (C=O) groups is 2. The van der Waals surface area contributed by atoms with Crippen LogP contribution < -0.4 is 10.1 Å². The van der Waals surface area contributed by atoms with Gasteiger partial charge in [0.05, 0.1) is 11.6 Å². The Morgan fingerprint density at radius 2 is 1.89 bits per heavy atom. The zero-order chi connectivity index (χ0) is 19.2. The third-order valence-electron chi connectivity index (χ3n) is 4.66. The van der Waals surface area contributed by atoms with Crippen molar-refractivity contribution in [2.75, 3.05) is 39.3 Å². The summed E-state index contributed by atoms with van der Waals surface area (Å²) in [4.78, 5) is 27.5. The first kappa shape index (κ1) is 19.1. The first-order valence-electron chi connectivity index (χ1n) is 9.18. The fourth-order valence-electron chi connectivity index (χ4n) is 2.92. The smallest absolute Gasteiger partial charge is 0.311 e. The predicted molar refractivity (Wildman–Crippen MR) is 96.8 cm³/mol. The molecule has 144 valence electrons. The molecule has 2 fully saturated rings. The molecule has 0 bridgehead atoms. The summed E-state index contributed by atoms with van der Waals surface area (Å²) in [6.45, 7) is 2.74. The molecule has 27 heavy (non-hydrogen) atoms. The second-order valence-corrected chi connectivity index (χ2v) is 6.94. The molecule has 0 aromatic heterocycles. The monoisotopic (exact) mass is 372 g/mol. The Labute approximate surface area is 158 Å². The number of aliphatic hydroxyl groups is 1.